The molecule has 0 aliphatic rings. The third kappa shape index (κ3) is 6.26. The van der Waals surface area contributed by atoms with Gasteiger partial charge in [0.05, 0.1) is 13.7 Å². The second-order valence-electron chi connectivity index (χ2n) is 5.26. The van der Waals surface area contributed by atoms with Crippen LogP contribution in [0.4, 0.5) is 8.78 Å². The zero-order valence-electron chi connectivity index (χ0n) is 13.2. The molecule has 0 saturated carbocycles. The number of hydrogen-bond acceptors (Lipinski definition) is 4. The SMILES string of the molecule is COc1cc(CN(C)CC(=O)NC(C)C)ccc1OC(F)F. The molecule has 1 N–H and O–H groups in total. The number of ether oxygens (including phenoxy) is 2. The van der Waals surface area contributed by atoms with E-state index in [1.807, 2.05) is 18.7 Å². The summed E-state index contributed by atoms with van der Waals surface area (Å²) in [7, 11) is 3.19. The van der Waals surface area contributed by atoms with E-state index in [2.05, 4.69) is 10.1 Å². The van der Waals surface area contributed by atoms with Crippen molar-refractivity contribution in [1.29, 1.82) is 0 Å². The fourth-order valence-electron chi connectivity index (χ4n) is 1.98. The molecule has 0 heterocycles. The number of halogens is 2. The van der Waals surface area contributed by atoms with Crippen molar-refractivity contribution >= 4 is 5.91 Å². The predicted molar refractivity (Wildman–Crippen MR) is 79.2 cm³/mol. The van der Waals surface area contributed by atoms with Crippen LogP contribution in [0.1, 0.15) is 19.4 Å². The highest BCUT2D eigenvalue weighted by Crippen LogP contribution is 2.29. The maximum absolute atomic E-state index is 12.3. The average Bonchev–Trinajstić information content (AvgIpc) is 2.38. The molecule has 0 saturated heterocycles. The molecule has 0 spiro atoms. The summed E-state index contributed by atoms with van der Waals surface area (Å²) in [6.07, 6.45) is 0. The molecule has 0 aromatic heterocycles. The number of carbonyl (C=O) groups is 1. The highest BCUT2D eigenvalue weighted by molar-refractivity contribution is 5.78. The van der Waals surface area contributed by atoms with Crippen LogP contribution in [0, 0.1) is 0 Å². The number of likely N-dealkylation sites (N-methyl/N-ethyl adjacent to an activating group) is 1. The van der Waals surface area contributed by atoms with Crippen molar-refractivity contribution in [2.75, 3.05) is 20.7 Å². The van der Waals surface area contributed by atoms with Crippen molar-refractivity contribution in [2.45, 2.75) is 33.0 Å². The minimum Gasteiger partial charge on any atom is -0.493 e. The molecule has 0 bridgehead atoms. The Balaban J connectivity index is 2.67. The van der Waals surface area contributed by atoms with E-state index in [0.29, 0.717) is 6.54 Å². The summed E-state index contributed by atoms with van der Waals surface area (Å²) in [5.41, 5.74) is 0.832. The lowest BCUT2D eigenvalue weighted by Crippen LogP contribution is -2.38. The van der Waals surface area contributed by atoms with Crippen LogP contribution in [0.25, 0.3) is 0 Å². The minimum atomic E-state index is -2.90. The van der Waals surface area contributed by atoms with Crippen molar-refractivity contribution in [3.63, 3.8) is 0 Å². The van der Waals surface area contributed by atoms with E-state index < -0.39 is 6.61 Å². The molecule has 1 aromatic rings. The van der Waals surface area contributed by atoms with E-state index in [0.717, 1.165) is 5.56 Å². The maximum atomic E-state index is 12.3. The van der Waals surface area contributed by atoms with Gasteiger partial charge in [0, 0.05) is 12.6 Å². The number of methoxy groups -OCH3 is 1. The number of alkyl halides is 2. The van der Waals surface area contributed by atoms with E-state index in [1.54, 1.807) is 19.2 Å². The Morgan fingerprint density at radius 3 is 2.55 bits per heavy atom. The molecule has 7 heteroatoms. The first kappa shape index (κ1) is 18.2. The molecule has 124 valence electrons. The van der Waals surface area contributed by atoms with E-state index in [-0.39, 0.29) is 30.0 Å². The second kappa shape index (κ2) is 8.53. The Labute approximate surface area is 129 Å². The first-order valence-electron chi connectivity index (χ1n) is 6.91. The second-order valence-corrected chi connectivity index (χ2v) is 5.26. The molecule has 1 amide bonds. The molecule has 1 rings (SSSR count). The van der Waals surface area contributed by atoms with Crippen LogP contribution in [-0.2, 0) is 11.3 Å². The molecule has 0 atom stereocenters. The molecular weight excluding hydrogens is 294 g/mol. The smallest absolute Gasteiger partial charge is 0.387 e. The fourth-order valence-corrected chi connectivity index (χ4v) is 1.98. The van der Waals surface area contributed by atoms with Crippen molar-refractivity contribution in [3.05, 3.63) is 23.8 Å². The first-order valence-corrected chi connectivity index (χ1v) is 6.91. The van der Waals surface area contributed by atoms with Gasteiger partial charge in [-0.05, 0) is 38.6 Å². The van der Waals surface area contributed by atoms with Crippen LogP contribution in [-0.4, -0.2) is 44.2 Å². The highest BCUT2D eigenvalue weighted by atomic mass is 19.3. The van der Waals surface area contributed by atoms with Gasteiger partial charge in [-0.2, -0.15) is 8.78 Å². The Hall–Kier alpha value is -1.89. The van der Waals surface area contributed by atoms with Gasteiger partial charge in [-0.15, -0.1) is 0 Å². The van der Waals surface area contributed by atoms with E-state index in [1.165, 1.54) is 13.2 Å². The molecule has 0 radical (unpaired) electrons. The molecule has 5 nitrogen and oxygen atoms in total. The van der Waals surface area contributed by atoms with Gasteiger partial charge in [-0.3, -0.25) is 9.69 Å². The van der Waals surface area contributed by atoms with Crippen LogP contribution in [0.3, 0.4) is 0 Å². The normalized spacial score (nSPS) is 11.1. The van der Waals surface area contributed by atoms with Crippen molar-refractivity contribution in [3.8, 4) is 11.5 Å². The number of amides is 1. The Kier molecular flexibility index (Phi) is 7.04. The predicted octanol–water partition coefficient (Wildman–Crippen LogP) is 2.25. The molecule has 0 unspecified atom stereocenters. The lowest BCUT2D eigenvalue weighted by atomic mass is 10.2. The topological polar surface area (TPSA) is 50.8 Å². The van der Waals surface area contributed by atoms with Crippen LogP contribution in [0.5, 0.6) is 11.5 Å². The van der Waals surface area contributed by atoms with Crippen LogP contribution < -0.4 is 14.8 Å². The van der Waals surface area contributed by atoms with Crippen molar-refractivity contribution in [1.82, 2.24) is 10.2 Å². The van der Waals surface area contributed by atoms with Gasteiger partial charge in [-0.25, -0.2) is 0 Å². The average molecular weight is 316 g/mol. The van der Waals surface area contributed by atoms with Gasteiger partial charge in [0.2, 0.25) is 5.91 Å². The maximum Gasteiger partial charge on any atom is 0.387 e. The third-order valence-electron chi connectivity index (χ3n) is 2.76. The van der Waals surface area contributed by atoms with Crippen LogP contribution >= 0.6 is 0 Å². The summed E-state index contributed by atoms with van der Waals surface area (Å²) < 4.78 is 33.9. The summed E-state index contributed by atoms with van der Waals surface area (Å²) in [4.78, 5) is 13.5. The summed E-state index contributed by atoms with van der Waals surface area (Å²) >= 11 is 0. The van der Waals surface area contributed by atoms with Gasteiger partial charge >= 0.3 is 6.61 Å². The summed E-state index contributed by atoms with van der Waals surface area (Å²) in [6, 6.07) is 4.81. The monoisotopic (exact) mass is 316 g/mol. The van der Waals surface area contributed by atoms with Crippen LogP contribution in [0.15, 0.2) is 18.2 Å². The standard InChI is InChI=1S/C15H22F2N2O3/c1-10(2)18-14(20)9-19(3)8-11-5-6-12(22-15(16)17)13(7-11)21-4/h5-7,10,15H,8-9H2,1-4H3,(H,18,20). The zero-order chi connectivity index (χ0) is 16.7. The van der Waals surface area contributed by atoms with Crippen LogP contribution in [0.2, 0.25) is 0 Å². The Bertz CT molecular complexity index is 496. The molecule has 0 fully saturated rings. The largest absolute Gasteiger partial charge is 0.493 e. The molecular formula is C15H22F2N2O3. The van der Waals surface area contributed by atoms with Crippen molar-refractivity contribution < 1.29 is 23.0 Å². The van der Waals surface area contributed by atoms with Gasteiger partial charge in [0.15, 0.2) is 11.5 Å². The van der Waals surface area contributed by atoms with Gasteiger partial charge in [0.1, 0.15) is 0 Å². The van der Waals surface area contributed by atoms with Gasteiger partial charge < -0.3 is 14.8 Å². The lowest BCUT2D eigenvalue weighted by molar-refractivity contribution is -0.122. The number of rotatable bonds is 8. The molecule has 0 aliphatic heterocycles. The molecule has 0 aliphatic carbocycles. The third-order valence-corrected chi connectivity index (χ3v) is 2.76. The van der Waals surface area contributed by atoms with Crippen molar-refractivity contribution in [2.24, 2.45) is 0 Å². The van der Waals surface area contributed by atoms with E-state index in [4.69, 9.17) is 4.74 Å². The number of benzene rings is 1. The summed E-state index contributed by atoms with van der Waals surface area (Å²) in [5, 5.41) is 2.80. The molecule has 1 aromatic carbocycles. The Morgan fingerprint density at radius 2 is 2.00 bits per heavy atom. The lowest BCUT2D eigenvalue weighted by Gasteiger charge is -2.18. The summed E-state index contributed by atoms with van der Waals surface area (Å²) in [5.74, 6) is 0.154. The Morgan fingerprint density at radius 1 is 1.32 bits per heavy atom. The minimum absolute atomic E-state index is 0.0125. The number of carbonyl (C=O) groups excluding carboxylic acids is 1. The van der Waals surface area contributed by atoms with Gasteiger partial charge in [-0.1, -0.05) is 6.07 Å². The van der Waals surface area contributed by atoms with E-state index in [9.17, 15) is 13.6 Å². The fraction of sp³-hybridized carbons (Fsp3) is 0.533. The number of nitrogens with one attached hydrogen (secondary N) is 1. The van der Waals surface area contributed by atoms with Gasteiger partial charge in [0.25, 0.3) is 0 Å². The highest BCUT2D eigenvalue weighted by Gasteiger charge is 2.13. The first-order chi connectivity index (χ1) is 10.3. The van der Waals surface area contributed by atoms with E-state index >= 15 is 0 Å². The number of nitrogens with zero attached hydrogens (tertiary/aromatic N) is 1. The zero-order valence-corrected chi connectivity index (χ0v) is 13.2. The molecule has 22 heavy (non-hydrogen) atoms. The summed E-state index contributed by atoms with van der Waals surface area (Å²) in [6.45, 7) is 1.61. The number of hydrogen-bond donors (Lipinski definition) is 1. The quantitative estimate of drug-likeness (QED) is 0.799.